The number of hydrogen-bond donors (Lipinski definition) is 1. The maximum Gasteiger partial charge on any atom is 0.272 e. The van der Waals surface area contributed by atoms with E-state index in [-0.39, 0.29) is 17.8 Å². The highest BCUT2D eigenvalue weighted by atomic mass is 19.1. The third kappa shape index (κ3) is 3.63. The fraction of sp³-hybridized carbons (Fsp3) is 0.273. The lowest BCUT2D eigenvalue weighted by Crippen LogP contribution is -2.36. The van der Waals surface area contributed by atoms with Crippen LogP contribution in [0.25, 0.3) is 11.3 Å². The maximum atomic E-state index is 13.8. The minimum absolute atomic E-state index is 0.0577. The minimum Gasteiger partial charge on any atom is -0.490 e. The smallest absolute Gasteiger partial charge is 0.272 e. The molecule has 1 amide bonds. The van der Waals surface area contributed by atoms with E-state index in [0.717, 1.165) is 6.42 Å². The largest absolute Gasteiger partial charge is 0.490 e. The molecule has 0 aliphatic carbocycles. The number of H-pyrrole nitrogens is 1. The zero-order chi connectivity index (χ0) is 19.7. The molecule has 3 aromatic rings. The molecule has 144 valence electrons. The molecule has 1 N–H and O–H groups in total. The monoisotopic (exact) mass is 379 g/mol. The molecular weight excluding hydrogens is 357 g/mol. The highest BCUT2D eigenvalue weighted by Gasteiger charge is 2.24. The third-order valence-corrected chi connectivity index (χ3v) is 4.81. The first-order valence-electron chi connectivity index (χ1n) is 9.39. The van der Waals surface area contributed by atoms with E-state index in [4.69, 9.17) is 4.74 Å². The van der Waals surface area contributed by atoms with Gasteiger partial charge in [-0.25, -0.2) is 4.39 Å². The molecule has 0 fully saturated rings. The molecule has 28 heavy (non-hydrogen) atoms. The maximum absolute atomic E-state index is 13.8. The standard InChI is InChI=1S/C22H22FN3O2/c1-14(2)28-21-8-7-17(23)11-18(21)19-12-20(25-24-19)22(27)26-10-9-15-5-3-4-6-16(15)13-26/h3-8,11-12,14H,9-10,13H2,1-2H3,(H,24,25). The van der Waals surface area contributed by atoms with Crippen molar-refractivity contribution in [2.75, 3.05) is 6.54 Å². The average molecular weight is 379 g/mol. The van der Waals surface area contributed by atoms with Crippen molar-refractivity contribution in [1.29, 1.82) is 0 Å². The summed E-state index contributed by atoms with van der Waals surface area (Å²) >= 11 is 0. The number of fused-ring (bicyclic) bond motifs is 1. The van der Waals surface area contributed by atoms with E-state index in [2.05, 4.69) is 22.3 Å². The molecule has 6 heteroatoms. The first kappa shape index (κ1) is 18.2. The Morgan fingerprint density at radius 2 is 1.96 bits per heavy atom. The molecule has 1 aromatic heterocycles. The van der Waals surface area contributed by atoms with Crippen LogP contribution in [0.4, 0.5) is 4.39 Å². The average Bonchev–Trinajstić information content (AvgIpc) is 3.18. The number of benzene rings is 2. The number of carbonyl (C=O) groups is 1. The summed E-state index contributed by atoms with van der Waals surface area (Å²) in [5, 5.41) is 7.04. The van der Waals surface area contributed by atoms with Crippen LogP contribution in [-0.2, 0) is 13.0 Å². The predicted molar refractivity (Wildman–Crippen MR) is 105 cm³/mol. The molecule has 1 aliphatic heterocycles. The van der Waals surface area contributed by atoms with Crippen molar-refractivity contribution in [3.05, 3.63) is 71.2 Å². The van der Waals surface area contributed by atoms with Gasteiger partial charge in [0.25, 0.3) is 5.91 Å². The summed E-state index contributed by atoms with van der Waals surface area (Å²) in [4.78, 5) is 14.7. The van der Waals surface area contributed by atoms with Crippen LogP contribution in [0.5, 0.6) is 5.75 Å². The SMILES string of the molecule is CC(C)Oc1ccc(F)cc1-c1cc(C(=O)N2CCc3ccccc3C2)[nH]n1. The van der Waals surface area contributed by atoms with Crippen LogP contribution in [-0.4, -0.2) is 33.7 Å². The molecule has 0 unspecified atom stereocenters. The quantitative estimate of drug-likeness (QED) is 0.739. The second-order valence-electron chi connectivity index (χ2n) is 7.22. The van der Waals surface area contributed by atoms with Gasteiger partial charge in [0.05, 0.1) is 11.8 Å². The van der Waals surface area contributed by atoms with Gasteiger partial charge >= 0.3 is 0 Å². The van der Waals surface area contributed by atoms with Crippen LogP contribution >= 0.6 is 0 Å². The van der Waals surface area contributed by atoms with Gasteiger partial charge in [-0.2, -0.15) is 5.10 Å². The van der Waals surface area contributed by atoms with E-state index in [1.165, 1.54) is 23.3 Å². The van der Waals surface area contributed by atoms with Crippen molar-refractivity contribution in [1.82, 2.24) is 15.1 Å². The van der Waals surface area contributed by atoms with E-state index < -0.39 is 0 Å². The van der Waals surface area contributed by atoms with Crippen molar-refractivity contribution in [3.8, 4) is 17.0 Å². The summed E-state index contributed by atoms with van der Waals surface area (Å²) in [7, 11) is 0. The minimum atomic E-state index is -0.380. The Morgan fingerprint density at radius 3 is 2.75 bits per heavy atom. The van der Waals surface area contributed by atoms with Crippen molar-refractivity contribution in [2.45, 2.75) is 32.9 Å². The lowest BCUT2D eigenvalue weighted by Gasteiger charge is -2.28. The molecular formula is C22H22FN3O2. The van der Waals surface area contributed by atoms with Gasteiger partial charge in [-0.05, 0) is 55.7 Å². The van der Waals surface area contributed by atoms with Crippen LogP contribution in [0.1, 0.15) is 35.5 Å². The van der Waals surface area contributed by atoms with Gasteiger partial charge in [0, 0.05) is 18.7 Å². The molecule has 0 bridgehead atoms. The fourth-order valence-electron chi connectivity index (χ4n) is 3.47. The van der Waals surface area contributed by atoms with Crippen LogP contribution in [0, 0.1) is 5.82 Å². The molecule has 4 rings (SSSR count). The van der Waals surface area contributed by atoms with Crippen molar-refractivity contribution < 1.29 is 13.9 Å². The Hall–Kier alpha value is -3.15. The topological polar surface area (TPSA) is 58.2 Å². The molecule has 2 heterocycles. The van der Waals surface area contributed by atoms with Gasteiger partial charge in [-0.15, -0.1) is 0 Å². The Morgan fingerprint density at radius 1 is 1.18 bits per heavy atom. The second kappa shape index (κ2) is 7.46. The van der Waals surface area contributed by atoms with Gasteiger partial charge in [0.1, 0.15) is 17.3 Å². The number of nitrogens with zero attached hydrogens (tertiary/aromatic N) is 2. The lowest BCUT2D eigenvalue weighted by atomic mass is 10.00. The highest BCUT2D eigenvalue weighted by Crippen LogP contribution is 2.31. The summed E-state index contributed by atoms with van der Waals surface area (Å²) in [6.45, 7) is 5.04. The lowest BCUT2D eigenvalue weighted by molar-refractivity contribution is 0.0728. The Kier molecular flexibility index (Phi) is 4.86. The Bertz CT molecular complexity index is 1010. The molecule has 1 aliphatic rings. The number of hydrogen-bond acceptors (Lipinski definition) is 3. The zero-order valence-electron chi connectivity index (χ0n) is 15.9. The first-order valence-corrected chi connectivity index (χ1v) is 9.39. The number of halogens is 1. The highest BCUT2D eigenvalue weighted by molar-refractivity contribution is 5.93. The van der Waals surface area contributed by atoms with Crippen molar-refractivity contribution in [3.63, 3.8) is 0 Å². The number of carbonyl (C=O) groups excluding carboxylic acids is 1. The number of aromatic nitrogens is 2. The summed E-state index contributed by atoms with van der Waals surface area (Å²) in [6.07, 6.45) is 0.775. The molecule has 0 radical (unpaired) electrons. The van der Waals surface area contributed by atoms with Crippen LogP contribution in [0.15, 0.2) is 48.5 Å². The second-order valence-corrected chi connectivity index (χ2v) is 7.22. The fourth-order valence-corrected chi connectivity index (χ4v) is 3.47. The molecule has 0 atom stereocenters. The molecule has 5 nitrogen and oxygen atoms in total. The van der Waals surface area contributed by atoms with Gasteiger partial charge in [-0.3, -0.25) is 9.89 Å². The van der Waals surface area contributed by atoms with Crippen molar-refractivity contribution in [2.24, 2.45) is 0 Å². The molecule has 0 saturated heterocycles. The van der Waals surface area contributed by atoms with Gasteiger partial charge in [0.2, 0.25) is 0 Å². The van der Waals surface area contributed by atoms with Crippen LogP contribution < -0.4 is 4.74 Å². The predicted octanol–water partition coefficient (Wildman–Crippen LogP) is 4.20. The van der Waals surface area contributed by atoms with E-state index in [1.807, 2.05) is 26.0 Å². The number of nitrogens with one attached hydrogen (secondary N) is 1. The molecule has 0 spiro atoms. The van der Waals surface area contributed by atoms with E-state index >= 15 is 0 Å². The summed E-state index contributed by atoms with van der Waals surface area (Å²) in [6, 6.07) is 14.1. The van der Waals surface area contributed by atoms with Crippen LogP contribution in [0.3, 0.4) is 0 Å². The number of ether oxygens (including phenoxy) is 1. The zero-order valence-corrected chi connectivity index (χ0v) is 15.9. The number of amides is 1. The van der Waals surface area contributed by atoms with Gasteiger partial charge in [0.15, 0.2) is 0 Å². The Labute approximate surface area is 163 Å². The normalized spacial score (nSPS) is 13.5. The Balaban J connectivity index is 1.59. The third-order valence-electron chi connectivity index (χ3n) is 4.81. The summed E-state index contributed by atoms with van der Waals surface area (Å²) in [5.74, 6) is 0.0411. The summed E-state index contributed by atoms with van der Waals surface area (Å²) in [5.41, 5.74) is 3.84. The van der Waals surface area contributed by atoms with Crippen molar-refractivity contribution >= 4 is 5.91 Å². The number of rotatable bonds is 4. The van der Waals surface area contributed by atoms with E-state index in [1.54, 1.807) is 17.0 Å². The van der Waals surface area contributed by atoms with Gasteiger partial charge < -0.3 is 9.64 Å². The molecule has 2 aromatic carbocycles. The van der Waals surface area contributed by atoms with Gasteiger partial charge in [-0.1, -0.05) is 24.3 Å². The van der Waals surface area contributed by atoms with E-state index in [9.17, 15) is 9.18 Å². The molecule has 0 saturated carbocycles. The number of aromatic amines is 1. The summed E-state index contributed by atoms with van der Waals surface area (Å²) < 4.78 is 19.6. The first-order chi connectivity index (χ1) is 13.5. The van der Waals surface area contributed by atoms with Crippen LogP contribution in [0.2, 0.25) is 0 Å². The van der Waals surface area contributed by atoms with E-state index in [0.29, 0.717) is 35.8 Å².